The van der Waals surface area contributed by atoms with E-state index in [9.17, 15) is 14.0 Å². The first kappa shape index (κ1) is 19.1. The molecule has 1 aromatic heterocycles. The van der Waals surface area contributed by atoms with Crippen molar-refractivity contribution in [3.05, 3.63) is 77.4 Å². The van der Waals surface area contributed by atoms with E-state index in [-0.39, 0.29) is 12.3 Å². The molecule has 8 heteroatoms. The fourth-order valence-corrected chi connectivity index (χ4v) is 2.39. The van der Waals surface area contributed by atoms with Gasteiger partial charge < -0.3 is 4.74 Å². The number of ether oxygens (including phenoxy) is 1. The molecule has 2 aromatic carbocycles. The van der Waals surface area contributed by atoms with Crippen LogP contribution in [-0.4, -0.2) is 28.2 Å². The van der Waals surface area contributed by atoms with E-state index >= 15 is 0 Å². The Labute approximate surface area is 161 Å². The van der Waals surface area contributed by atoms with Crippen LogP contribution >= 0.6 is 0 Å². The zero-order chi connectivity index (χ0) is 20.1. The summed E-state index contributed by atoms with van der Waals surface area (Å²) in [6.07, 6.45) is 1.52. The second kappa shape index (κ2) is 8.34. The summed E-state index contributed by atoms with van der Waals surface area (Å²) in [5.74, 6) is -0.959. The maximum absolute atomic E-state index is 13.3. The number of carbonyl (C=O) groups excluding carboxylic acids is 2. The number of hydrogen-bond donors (Lipinski definition) is 2. The molecule has 0 radical (unpaired) electrons. The average molecular weight is 382 g/mol. The fraction of sp³-hybridized carbons (Fsp3) is 0.150. The van der Waals surface area contributed by atoms with Crippen LogP contribution in [0.5, 0.6) is 5.75 Å². The molecule has 28 heavy (non-hydrogen) atoms. The molecule has 7 nitrogen and oxygen atoms in total. The topological polar surface area (TPSA) is 85.3 Å². The number of nitrogens with zero attached hydrogens (tertiary/aromatic N) is 2. The molecule has 0 aliphatic rings. The molecule has 0 saturated carbocycles. The van der Waals surface area contributed by atoms with Gasteiger partial charge in [-0.25, -0.2) is 9.07 Å². The van der Waals surface area contributed by atoms with Crippen molar-refractivity contribution in [2.24, 2.45) is 0 Å². The standard InChI is InChI=1S/C20H19FN4O3/c1-13-6-7-17(10-14(13)2)28-12-19(26)22-23-20(27)18-8-9-25(24-18)16-5-3-4-15(21)11-16/h3-11H,12H2,1-2H3,(H,22,26)(H,23,27). The quantitative estimate of drug-likeness (QED) is 0.664. The van der Waals surface area contributed by atoms with Gasteiger partial charge in [0.15, 0.2) is 12.3 Å². The van der Waals surface area contributed by atoms with Crippen LogP contribution in [0.25, 0.3) is 5.69 Å². The number of rotatable bonds is 5. The van der Waals surface area contributed by atoms with E-state index in [4.69, 9.17) is 4.74 Å². The number of nitrogens with one attached hydrogen (secondary N) is 2. The van der Waals surface area contributed by atoms with Gasteiger partial charge in [-0.05, 0) is 61.4 Å². The third-order valence-corrected chi connectivity index (χ3v) is 4.06. The van der Waals surface area contributed by atoms with E-state index in [1.165, 1.54) is 29.1 Å². The molecule has 3 aromatic rings. The minimum absolute atomic E-state index is 0.0691. The van der Waals surface area contributed by atoms with Crippen molar-refractivity contribution in [2.75, 3.05) is 6.61 Å². The Balaban J connectivity index is 1.51. The zero-order valence-corrected chi connectivity index (χ0v) is 15.4. The minimum atomic E-state index is -0.602. The third kappa shape index (κ3) is 4.73. The van der Waals surface area contributed by atoms with Crippen molar-refractivity contribution in [1.82, 2.24) is 20.6 Å². The Morgan fingerprint density at radius 2 is 1.89 bits per heavy atom. The highest BCUT2D eigenvalue weighted by Crippen LogP contribution is 2.16. The summed E-state index contributed by atoms with van der Waals surface area (Å²) in [7, 11) is 0. The highest BCUT2D eigenvalue weighted by Gasteiger charge is 2.12. The molecule has 0 spiro atoms. The van der Waals surface area contributed by atoms with Crippen molar-refractivity contribution in [2.45, 2.75) is 13.8 Å². The van der Waals surface area contributed by atoms with E-state index in [2.05, 4.69) is 16.0 Å². The number of carbonyl (C=O) groups is 2. The first-order chi connectivity index (χ1) is 13.4. The predicted octanol–water partition coefficient (Wildman–Crippen LogP) is 2.47. The number of halogens is 1. The van der Waals surface area contributed by atoms with E-state index in [1.54, 1.807) is 18.2 Å². The lowest BCUT2D eigenvalue weighted by Gasteiger charge is -2.09. The summed E-state index contributed by atoms with van der Waals surface area (Å²) >= 11 is 0. The lowest BCUT2D eigenvalue weighted by Crippen LogP contribution is -2.44. The van der Waals surface area contributed by atoms with Crippen LogP contribution in [0.1, 0.15) is 21.6 Å². The highest BCUT2D eigenvalue weighted by atomic mass is 19.1. The van der Waals surface area contributed by atoms with Gasteiger partial charge in [0, 0.05) is 6.20 Å². The summed E-state index contributed by atoms with van der Waals surface area (Å²) in [4.78, 5) is 24.0. The lowest BCUT2D eigenvalue weighted by molar-refractivity contribution is -0.123. The van der Waals surface area contributed by atoms with Gasteiger partial charge in [-0.2, -0.15) is 5.10 Å². The first-order valence-corrected chi connectivity index (χ1v) is 8.53. The number of hydrazine groups is 1. The summed E-state index contributed by atoms with van der Waals surface area (Å²) in [5, 5.41) is 4.07. The fourth-order valence-electron chi connectivity index (χ4n) is 2.39. The average Bonchev–Trinajstić information content (AvgIpc) is 3.17. The second-order valence-electron chi connectivity index (χ2n) is 6.16. The molecule has 2 N–H and O–H groups in total. The number of aromatic nitrogens is 2. The molecule has 0 bridgehead atoms. The molecular formula is C20H19FN4O3. The van der Waals surface area contributed by atoms with E-state index < -0.39 is 17.6 Å². The molecule has 0 aliphatic carbocycles. The van der Waals surface area contributed by atoms with Gasteiger partial charge in [0.05, 0.1) is 5.69 Å². The van der Waals surface area contributed by atoms with Gasteiger partial charge in [-0.15, -0.1) is 0 Å². The molecule has 0 aliphatic heterocycles. The molecule has 3 rings (SSSR count). The summed E-state index contributed by atoms with van der Waals surface area (Å²) in [6, 6.07) is 12.8. The van der Waals surface area contributed by atoms with Crippen LogP contribution < -0.4 is 15.6 Å². The van der Waals surface area contributed by atoms with E-state index in [0.29, 0.717) is 11.4 Å². The zero-order valence-electron chi connectivity index (χ0n) is 15.4. The van der Waals surface area contributed by atoms with E-state index in [1.807, 2.05) is 26.0 Å². The van der Waals surface area contributed by atoms with Gasteiger partial charge >= 0.3 is 0 Å². The minimum Gasteiger partial charge on any atom is -0.484 e. The molecule has 1 heterocycles. The normalized spacial score (nSPS) is 10.4. The molecule has 0 unspecified atom stereocenters. The Morgan fingerprint density at radius 1 is 1.07 bits per heavy atom. The van der Waals surface area contributed by atoms with Crippen LogP contribution in [0.3, 0.4) is 0 Å². The molecule has 2 amide bonds. The Kier molecular flexibility index (Phi) is 5.69. The predicted molar refractivity (Wildman–Crippen MR) is 101 cm³/mol. The molecule has 0 atom stereocenters. The van der Waals surface area contributed by atoms with Crippen molar-refractivity contribution >= 4 is 11.8 Å². The monoisotopic (exact) mass is 382 g/mol. The van der Waals surface area contributed by atoms with Crippen molar-refractivity contribution in [3.8, 4) is 11.4 Å². The summed E-state index contributed by atoms with van der Waals surface area (Å²) < 4.78 is 20.0. The smallest absolute Gasteiger partial charge is 0.290 e. The number of amides is 2. The number of aryl methyl sites for hydroxylation is 2. The van der Waals surface area contributed by atoms with Crippen molar-refractivity contribution in [3.63, 3.8) is 0 Å². The number of hydrogen-bond acceptors (Lipinski definition) is 4. The summed E-state index contributed by atoms with van der Waals surface area (Å²) in [6.45, 7) is 3.68. The molecule has 0 saturated heterocycles. The third-order valence-electron chi connectivity index (χ3n) is 4.06. The molecular weight excluding hydrogens is 363 g/mol. The van der Waals surface area contributed by atoms with Crippen LogP contribution in [-0.2, 0) is 4.79 Å². The van der Waals surface area contributed by atoms with Gasteiger partial charge in [-0.3, -0.25) is 20.4 Å². The largest absolute Gasteiger partial charge is 0.484 e. The molecule has 144 valence electrons. The van der Waals surface area contributed by atoms with Crippen molar-refractivity contribution < 1.29 is 18.7 Å². The SMILES string of the molecule is Cc1ccc(OCC(=O)NNC(=O)c2ccn(-c3cccc(F)c3)n2)cc1C. The maximum atomic E-state index is 13.3. The Bertz CT molecular complexity index is 1020. The van der Waals surface area contributed by atoms with Crippen molar-refractivity contribution in [1.29, 1.82) is 0 Å². The molecule has 0 fully saturated rings. The first-order valence-electron chi connectivity index (χ1n) is 8.53. The maximum Gasteiger partial charge on any atom is 0.290 e. The van der Waals surface area contributed by atoms with Gasteiger partial charge in [0.25, 0.3) is 11.8 Å². The summed E-state index contributed by atoms with van der Waals surface area (Å²) in [5.41, 5.74) is 7.25. The Morgan fingerprint density at radius 3 is 2.64 bits per heavy atom. The van der Waals surface area contributed by atoms with Crippen LogP contribution in [0.4, 0.5) is 4.39 Å². The van der Waals surface area contributed by atoms with Gasteiger partial charge in [-0.1, -0.05) is 12.1 Å². The number of benzene rings is 2. The van der Waals surface area contributed by atoms with E-state index in [0.717, 1.165) is 11.1 Å². The highest BCUT2D eigenvalue weighted by molar-refractivity contribution is 5.93. The van der Waals surface area contributed by atoms with Crippen LogP contribution in [0.2, 0.25) is 0 Å². The second-order valence-corrected chi connectivity index (χ2v) is 6.16. The lowest BCUT2D eigenvalue weighted by atomic mass is 10.1. The Hall–Kier alpha value is -3.68. The van der Waals surface area contributed by atoms with Gasteiger partial charge in [0.1, 0.15) is 11.6 Å². The van der Waals surface area contributed by atoms with Crippen LogP contribution in [0, 0.1) is 19.7 Å². The van der Waals surface area contributed by atoms with Gasteiger partial charge in [0.2, 0.25) is 0 Å². The van der Waals surface area contributed by atoms with Crippen LogP contribution in [0.15, 0.2) is 54.7 Å².